The van der Waals surface area contributed by atoms with E-state index >= 15 is 0 Å². The monoisotopic (exact) mass is 1370 g/mol. The SMILES string of the molecule is CCCCCCCCCCCCCCC(=O)O[C@H](COC(=O)CCCCCCCCCCC)COP(=O)(O)OC[C@H](O)COP(=O)(O)OC[C@@H](COC(=O)CCCCCCCCCCCCCCC(C)C)OC(=O)CCCCCCCCCCCCCCCCC(C)C. The van der Waals surface area contributed by atoms with Gasteiger partial charge in [-0.3, -0.25) is 37.3 Å². The minimum atomic E-state index is -4.96. The number of phosphoric ester groups is 2. The smallest absolute Gasteiger partial charge is 0.462 e. The Kier molecular flexibility index (Phi) is 64.6. The third kappa shape index (κ3) is 68.4. The van der Waals surface area contributed by atoms with Crippen molar-refractivity contribution in [1.82, 2.24) is 0 Å². The van der Waals surface area contributed by atoms with E-state index in [2.05, 4.69) is 41.5 Å². The fourth-order valence-corrected chi connectivity index (χ4v) is 12.9. The highest BCUT2D eigenvalue weighted by Gasteiger charge is 2.30. The van der Waals surface area contributed by atoms with Gasteiger partial charge >= 0.3 is 39.5 Å². The summed E-state index contributed by atoms with van der Waals surface area (Å²) in [6, 6.07) is 0. The number of carbonyl (C=O) groups excluding carboxylic acids is 4. The van der Waals surface area contributed by atoms with Crippen molar-refractivity contribution in [3.63, 3.8) is 0 Å². The number of hydrogen-bond donors (Lipinski definition) is 3. The number of carbonyl (C=O) groups is 4. The number of ether oxygens (including phenoxy) is 4. The first kappa shape index (κ1) is 91.1. The third-order valence-electron chi connectivity index (χ3n) is 17.2. The number of esters is 4. The van der Waals surface area contributed by atoms with Crippen LogP contribution in [0.15, 0.2) is 0 Å². The number of phosphoric acid groups is 2. The summed E-state index contributed by atoms with van der Waals surface area (Å²) >= 11 is 0. The molecular weight excluding hydrogens is 1220 g/mol. The largest absolute Gasteiger partial charge is 0.472 e. The molecular formula is C74H144O17P2. The maximum absolute atomic E-state index is 13.1. The Hall–Kier alpha value is -1.94. The van der Waals surface area contributed by atoms with Crippen LogP contribution in [0.3, 0.4) is 0 Å². The molecule has 0 saturated heterocycles. The van der Waals surface area contributed by atoms with E-state index in [1.165, 1.54) is 199 Å². The highest BCUT2D eigenvalue weighted by Crippen LogP contribution is 2.45. The van der Waals surface area contributed by atoms with Crippen LogP contribution in [0.1, 0.15) is 382 Å². The lowest BCUT2D eigenvalue weighted by atomic mass is 10.0. The highest BCUT2D eigenvalue weighted by atomic mass is 31.2. The van der Waals surface area contributed by atoms with Crippen LogP contribution in [-0.4, -0.2) is 96.7 Å². The van der Waals surface area contributed by atoms with Gasteiger partial charge in [0, 0.05) is 25.7 Å². The summed E-state index contributed by atoms with van der Waals surface area (Å²) in [6.07, 6.45) is 52.6. The van der Waals surface area contributed by atoms with E-state index in [0.29, 0.717) is 25.7 Å². The molecule has 5 atom stereocenters. The Morgan fingerprint density at radius 2 is 0.495 bits per heavy atom. The highest BCUT2D eigenvalue weighted by molar-refractivity contribution is 7.47. The Morgan fingerprint density at radius 1 is 0.290 bits per heavy atom. The lowest BCUT2D eigenvalue weighted by Gasteiger charge is -2.21. The summed E-state index contributed by atoms with van der Waals surface area (Å²) < 4.78 is 68.4. The van der Waals surface area contributed by atoms with E-state index in [1.807, 2.05) is 0 Å². The molecule has 17 nitrogen and oxygen atoms in total. The fraction of sp³-hybridized carbons (Fsp3) is 0.946. The van der Waals surface area contributed by atoms with Crippen LogP contribution >= 0.6 is 15.6 Å². The van der Waals surface area contributed by atoms with Crippen molar-refractivity contribution < 1.29 is 80.2 Å². The predicted octanol–water partition coefficient (Wildman–Crippen LogP) is 21.6. The molecule has 0 aliphatic carbocycles. The molecule has 0 amide bonds. The number of aliphatic hydroxyl groups is 1. The van der Waals surface area contributed by atoms with E-state index in [9.17, 15) is 43.2 Å². The summed E-state index contributed by atoms with van der Waals surface area (Å²) in [5.41, 5.74) is 0. The number of hydrogen-bond acceptors (Lipinski definition) is 15. The molecule has 0 aliphatic heterocycles. The van der Waals surface area contributed by atoms with Gasteiger partial charge in [0.05, 0.1) is 26.4 Å². The Balaban J connectivity index is 5.23. The van der Waals surface area contributed by atoms with Gasteiger partial charge in [-0.05, 0) is 37.5 Å². The topological polar surface area (TPSA) is 237 Å². The molecule has 2 unspecified atom stereocenters. The standard InChI is InChI=1S/C74H144O17P2/c1-7-9-11-13-15-17-18-27-34-40-46-52-58-73(78)90-69(62-84-71(76)56-50-44-38-30-16-14-12-10-8-2)64-88-92(80,81)86-60-68(75)61-87-93(82,83)89-65-70(63-85-72(77)57-51-45-39-33-28-24-23-26-32-37-43-49-55-67(5)6)91-74(79)59-53-47-41-35-29-22-20-19-21-25-31-36-42-48-54-66(3)4/h66-70,75H,7-65H2,1-6H3,(H,80,81)(H,82,83)/t68-,69+,70+/m0/s1. The Labute approximate surface area is 568 Å². The lowest BCUT2D eigenvalue weighted by molar-refractivity contribution is -0.161. The zero-order valence-electron chi connectivity index (χ0n) is 60.6. The van der Waals surface area contributed by atoms with Gasteiger partial charge in [0.15, 0.2) is 12.2 Å². The van der Waals surface area contributed by atoms with Crippen molar-refractivity contribution in [1.29, 1.82) is 0 Å². The van der Waals surface area contributed by atoms with E-state index in [1.54, 1.807) is 0 Å². The molecule has 0 aromatic rings. The molecule has 0 radical (unpaired) electrons. The van der Waals surface area contributed by atoms with Crippen molar-refractivity contribution in [2.45, 2.75) is 400 Å². The van der Waals surface area contributed by atoms with Gasteiger partial charge in [-0.2, -0.15) is 0 Å². The van der Waals surface area contributed by atoms with Gasteiger partial charge in [0.1, 0.15) is 19.3 Å². The van der Waals surface area contributed by atoms with Crippen molar-refractivity contribution >= 4 is 39.5 Å². The zero-order chi connectivity index (χ0) is 68.6. The fourth-order valence-electron chi connectivity index (χ4n) is 11.3. The zero-order valence-corrected chi connectivity index (χ0v) is 62.3. The summed E-state index contributed by atoms with van der Waals surface area (Å²) in [5.74, 6) is -0.541. The van der Waals surface area contributed by atoms with Gasteiger partial charge in [-0.1, -0.05) is 330 Å². The predicted molar refractivity (Wildman–Crippen MR) is 377 cm³/mol. The quantitative estimate of drug-likeness (QED) is 0.0222. The minimum Gasteiger partial charge on any atom is -0.462 e. The van der Waals surface area contributed by atoms with E-state index in [-0.39, 0.29) is 25.7 Å². The van der Waals surface area contributed by atoms with Gasteiger partial charge in [0.2, 0.25) is 0 Å². The first-order valence-electron chi connectivity index (χ1n) is 38.5. The van der Waals surface area contributed by atoms with Crippen molar-refractivity contribution in [3.05, 3.63) is 0 Å². The molecule has 0 aromatic carbocycles. The normalized spacial score (nSPS) is 14.1. The van der Waals surface area contributed by atoms with Crippen LogP contribution in [0.25, 0.3) is 0 Å². The molecule has 0 spiro atoms. The van der Waals surface area contributed by atoms with Crippen molar-refractivity contribution in [3.8, 4) is 0 Å². The third-order valence-corrected chi connectivity index (χ3v) is 19.1. The molecule has 0 fully saturated rings. The van der Waals surface area contributed by atoms with Crippen LogP contribution in [0, 0.1) is 11.8 Å². The summed E-state index contributed by atoms with van der Waals surface area (Å²) in [5, 5.41) is 10.6. The summed E-state index contributed by atoms with van der Waals surface area (Å²) in [6.45, 7) is 9.60. The molecule has 0 heterocycles. The second-order valence-electron chi connectivity index (χ2n) is 27.6. The van der Waals surface area contributed by atoms with Gasteiger partial charge in [0.25, 0.3) is 0 Å². The first-order valence-corrected chi connectivity index (χ1v) is 41.5. The molecule has 0 rings (SSSR count). The van der Waals surface area contributed by atoms with Crippen LogP contribution in [0.4, 0.5) is 0 Å². The van der Waals surface area contributed by atoms with Crippen molar-refractivity contribution in [2.75, 3.05) is 39.6 Å². The molecule has 0 aliphatic rings. The lowest BCUT2D eigenvalue weighted by Crippen LogP contribution is -2.30. The number of rotatable bonds is 73. The van der Waals surface area contributed by atoms with Gasteiger partial charge in [-0.25, -0.2) is 9.13 Å². The molecule has 19 heteroatoms. The molecule has 0 saturated carbocycles. The maximum Gasteiger partial charge on any atom is 0.472 e. The van der Waals surface area contributed by atoms with Crippen LogP contribution < -0.4 is 0 Å². The van der Waals surface area contributed by atoms with E-state index in [4.69, 9.17) is 37.0 Å². The molecule has 0 bridgehead atoms. The second-order valence-corrected chi connectivity index (χ2v) is 30.5. The average molecular weight is 1370 g/mol. The van der Waals surface area contributed by atoms with Crippen LogP contribution in [0.5, 0.6) is 0 Å². The molecule has 552 valence electrons. The van der Waals surface area contributed by atoms with Gasteiger partial charge < -0.3 is 33.8 Å². The molecule has 93 heavy (non-hydrogen) atoms. The number of unbranched alkanes of at least 4 members (excludes halogenated alkanes) is 43. The molecule has 0 aromatic heterocycles. The number of aliphatic hydroxyl groups excluding tert-OH is 1. The average Bonchev–Trinajstić information content (AvgIpc) is 1.64. The van der Waals surface area contributed by atoms with Gasteiger partial charge in [-0.15, -0.1) is 0 Å². The molecule has 3 N–H and O–H groups in total. The van der Waals surface area contributed by atoms with E-state index in [0.717, 1.165) is 102 Å². The summed E-state index contributed by atoms with van der Waals surface area (Å²) in [4.78, 5) is 72.7. The first-order chi connectivity index (χ1) is 44.9. The summed E-state index contributed by atoms with van der Waals surface area (Å²) in [7, 11) is -9.90. The van der Waals surface area contributed by atoms with Crippen molar-refractivity contribution in [2.24, 2.45) is 11.8 Å². The maximum atomic E-state index is 13.1. The van der Waals surface area contributed by atoms with Crippen LogP contribution in [-0.2, 0) is 65.4 Å². The second kappa shape index (κ2) is 66.0. The minimum absolute atomic E-state index is 0.107. The Morgan fingerprint density at radius 3 is 0.731 bits per heavy atom. The van der Waals surface area contributed by atoms with Crippen LogP contribution in [0.2, 0.25) is 0 Å². The van der Waals surface area contributed by atoms with E-state index < -0.39 is 97.5 Å². The Bertz CT molecular complexity index is 1800.